The zero-order valence-electron chi connectivity index (χ0n) is 7.84. The van der Waals surface area contributed by atoms with Crippen molar-refractivity contribution in [1.82, 2.24) is 5.32 Å². The molecular formula is C9H15NO3. The fraction of sp³-hybridized carbons (Fsp3) is 0.889. The minimum Gasteiger partial charge on any atom is -0.468 e. The maximum Gasteiger partial charge on any atom is 0.315 e. The van der Waals surface area contributed by atoms with Crippen molar-refractivity contribution >= 4 is 5.97 Å². The number of hydrogen-bond donors (Lipinski definition) is 1. The summed E-state index contributed by atoms with van der Waals surface area (Å²) in [6, 6.07) is 0. The van der Waals surface area contributed by atoms with Gasteiger partial charge < -0.3 is 14.8 Å². The molecular weight excluding hydrogens is 170 g/mol. The van der Waals surface area contributed by atoms with Crippen LogP contribution in [0.4, 0.5) is 0 Å². The lowest BCUT2D eigenvalue weighted by molar-refractivity contribution is -0.165. The molecule has 2 atom stereocenters. The van der Waals surface area contributed by atoms with Crippen molar-refractivity contribution in [2.75, 3.05) is 26.8 Å². The largest absolute Gasteiger partial charge is 0.468 e. The van der Waals surface area contributed by atoms with Crippen molar-refractivity contribution in [3.63, 3.8) is 0 Å². The van der Waals surface area contributed by atoms with E-state index < -0.39 is 5.41 Å². The normalized spacial score (nSPS) is 38.4. The van der Waals surface area contributed by atoms with Crippen LogP contribution in [0, 0.1) is 5.41 Å². The summed E-state index contributed by atoms with van der Waals surface area (Å²) in [6.07, 6.45) is 1.86. The Morgan fingerprint density at radius 3 is 3.31 bits per heavy atom. The Bertz CT molecular complexity index is 219. The van der Waals surface area contributed by atoms with Gasteiger partial charge in [-0.3, -0.25) is 4.79 Å². The smallest absolute Gasteiger partial charge is 0.315 e. The van der Waals surface area contributed by atoms with Gasteiger partial charge in [0.1, 0.15) is 5.41 Å². The highest BCUT2D eigenvalue weighted by atomic mass is 16.5. The third-order valence-corrected chi connectivity index (χ3v) is 3.06. The zero-order chi connectivity index (χ0) is 9.31. The van der Waals surface area contributed by atoms with Gasteiger partial charge in [-0.2, -0.15) is 0 Å². The van der Waals surface area contributed by atoms with E-state index in [4.69, 9.17) is 9.47 Å². The molecule has 74 valence electrons. The van der Waals surface area contributed by atoms with Crippen molar-refractivity contribution in [3.05, 3.63) is 0 Å². The van der Waals surface area contributed by atoms with E-state index in [9.17, 15) is 4.79 Å². The molecule has 0 amide bonds. The molecule has 2 aliphatic heterocycles. The maximum absolute atomic E-state index is 11.6. The summed E-state index contributed by atoms with van der Waals surface area (Å²) < 4.78 is 10.4. The second-order valence-corrected chi connectivity index (χ2v) is 3.74. The molecule has 1 N–H and O–H groups in total. The molecule has 0 bridgehead atoms. The molecule has 0 saturated carbocycles. The number of hydrogen-bond acceptors (Lipinski definition) is 4. The molecule has 2 rings (SSSR count). The Kier molecular flexibility index (Phi) is 2.26. The van der Waals surface area contributed by atoms with Gasteiger partial charge in [-0.25, -0.2) is 0 Å². The molecule has 13 heavy (non-hydrogen) atoms. The van der Waals surface area contributed by atoms with Crippen LogP contribution >= 0.6 is 0 Å². The van der Waals surface area contributed by atoms with E-state index in [1.807, 2.05) is 0 Å². The number of nitrogens with one attached hydrogen (secondary N) is 1. The molecule has 2 saturated heterocycles. The summed E-state index contributed by atoms with van der Waals surface area (Å²) in [5, 5.41) is 3.19. The molecule has 0 spiro atoms. The quantitative estimate of drug-likeness (QED) is 0.581. The van der Waals surface area contributed by atoms with Crippen molar-refractivity contribution < 1.29 is 14.3 Å². The highest BCUT2D eigenvalue weighted by molar-refractivity contribution is 5.78. The Balaban J connectivity index is 2.20. The number of carbonyl (C=O) groups is 1. The van der Waals surface area contributed by atoms with Gasteiger partial charge in [-0.05, 0) is 12.8 Å². The fourth-order valence-electron chi connectivity index (χ4n) is 2.33. The van der Waals surface area contributed by atoms with Gasteiger partial charge >= 0.3 is 5.97 Å². The lowest BCUT2D eigenvalue weighted by atomic mass is 9.78. The van der Waals surface area contributed by atoms with Gasteiger partial charge in [-0.1, -0.05) is 0 Å². The van der Waals surface area contributed by atoms with Crippen LogP contribution in [0.3, 0.4) is 0 Å². The number of ether oxygens (including phenoxy) is 2. The molecule has 2 fully saturated rings. The van der Waals surface area contributed by atoms with Crippen molar-refractivity contribution in [3.8, 4) is 0 Å². The standard InChI is InChI=1S/C9H15NO3/c1-12-8(11)9-3-2-4-13-7(9)5-10-6-9/h7,10H,2-6H2,1H3. The second-order valence-electron chi connectivity index (χ2n) is 3.74. The van der Waals surface area contributed by atoms with Crippen molar-refractivity contribution in [2.45, 2.75) is 18.9 Å². The molecule has 2 heterocycles. The van der Waals surface area contributed by atoms with Crippen LogP contribution in [0.5, 0.6) is 0 Å². The molecule has 0 radical (unpaired) electrons. The van der Waals surface area contributed by atoms with Crippen LogP contribution in [-0.4, -0.2) is 38.9 Å². The van der Waals surface area contributed by atoms with Gasteiger partial charge in [0.25, 0.3) is 0 Å². The average molecular weight is 185 g/mol. The van der Waals surface area contributed by atoms with E-state index >= 15 is 0 Å². The first kappa shape index (κ1) is 8.97. The van der Waals surface area contributed by atoms with Crippen LogP contribution in [0.2, 0.25) is 0 Å². The first-order valence-corrected chi connectivity index (χ1v) is 4.70. The van der Waals surface area contributed by atoms with E-state index in [2.05, 4.69) is 5.32 Å². The number of carbonyl (C=O) groups excluding carboxylic acids is 1. The van der Waals surface area contributed by atoms with E-state index in [0.717, 1.165) is 26.0 Å². The summed E-state index contributed by atoms with van der Waals surface area (Å²) in [5.41, 5.74) is -0.396. The van der Waals surface area contributed by atoms with E-state index in [1.165, 1.54) is 7.11 Å². The second kappa shape index (κ2) is 3.27. The Labute approximate surface area is 77.6 Å². The number of rotatable bonds is 1. The molecule has 0 aromatic carbocycles. The van der Waals surface area contributed by atoms with Crippen LogP contribution in [0.1, 0.15) is 12.8 Å². The number of methoxy groups -OCH3 is 1. The SMILES string of the molecule is COC(=O)C12CCCOC1CNC2. The minimum atomic E-state index is -0.396. The average Bonchev–Trinajstić information content (AvgIpc) is 2.61. The van der Waals surface area contributed by atoms with Crippen LogP contribution in [0.25, 0.3) is 0 Å². The summed E-state index contributed by atoms with van der Waals surface area (Å²) in [6.45, 7) is 2.24. The van der Waals surface area contributed by atoms with Gasteiger partial charge in [0.15, 0.2) is 0 Å². The lowest BCUT2D eigenvalue weighted by Gasteiger charge is -2.35. The molecule has 0 aliphatic carbocycles. The van der Waals surface area contributed by atoms with Crippen molar-refractivity contribution in [1.29, 1.82) is 0 Å². The first-order valence-electron chi connectivity index (χ1n) is 4.70. The van der Waals surface area contributed by atoms with Crippen LogP contribution in [0.15, 0.2) is 0 Å². The Hall–Kier alpha value is -0.610. The monoisotopic (exact) mass is 185 g/mol. The van der Waals surface area contributed by atoms with Gasteiger partial charge in [-0.15, -0.1) is 0 Å². The summed E-state index contributed by atoms with van der Waals surface area (Å²) in [5.74, 6) is -0.123. The number of esters is 1. The minimum absolute atomic E-state index is 0.0219. The summed E-state index contributed by atoms with van der Waals surface area (Å²) >= 11 is 0. The summed E-state index contributed by atoms with van der Waals surface area (Å²) in [4.78, 5) is 11.6. The van der Waals surface area contributed by atoms with Gasteiger partial charge in [0.2, 0.25) is 0 Å². The van der Waals surface area contributed by atoms with Crippen molar-refractivity contribution in [2.24, 2.45) is 5.41 Å². The topological polar surface area (TPSA) is 47.6 Å². The van der Waals surface area contributed by atoms with Crippen LogP contribution in [-0.2, 0) is 14.3 Å². The molecule has 4 nitrogen and oxygen atoms in total. The third kappa shape index (κ3) is 1.25. The first-order chi connectivity index (χ1) is 6.29. The molecule has 4 heteroatoms. The van der Waals surface area contributed by atoms with E-state index in [-0.39, 0.29) is 12.1 Å². The maximum atomic E-state index is 11.6. The van der Waals surface area contributed by atoms with E-state index in [0.29, 0.717) is 6.54 Å². The predicted molar refractivity (Wildman–Crippen MR) is 46.3 cm³/mol. The Morgan fingerprint density at radius 1 is 1.69 bits per heavy atom. The third-order valence-electron chi connectivity index (χ3n) is 3.06. The fourth-order valence-corrected chi connectivity index (χ4v) is 2.33. The lowest BCUT2D eigenvalue weighted by Crippen LogP contribution is -2.47. The predicted octanol–water partition coefficient (Wildman–Crippen LogP) is -0.0720. The molecule has 2 aliphatic rings. The zero-order valence-corrected chi connectivity index (χ0v) is 7.84. The van der Waals surface area contributed by atoms with Gasteiger partial charge in [0, 0.05) is 19.7 Å². The summed E-state index contributed by atoms with van der Waals surface area (Å²) in [7, 11) is 1.45. The number of fused-ring (bicyclic) bond motifs is 1. The highest BCUT2D eigenvalue weighted by Crippen LogP contribution is 2.37. The highest BCUT2D eigenvalue weighted by Gasteiger charge is 2.52. The molecule has 0 aromatic rings. The molecule has 0 aromatic heterocycles. The Morgan fingerprint density at radius 2 is 2.54 bits per heavy atom. The van der Waals surface area contributed by atoms with Gasteiger partial charge in [0.05, 0.1) is 13.2 Å². The van der Waals surface area contributed by atoms with Crippen LogP contribution < -0.4 is 5.32 Å². The van der Waals surface area contributed by atoms with E-state index in [1.54, 1.807) is 0 Å². The molecule has 2 unspecified atom stereocenters.